The molecule has 0 saturated carbocycles. The first-order valence-corrected chi connectivity index (χ1v) is 4.86. The molecule has 16 heavy (non-hydrogen) atoms. The quantitative estimate of drug-likeness (QED) is 0.662. The third-order valence-corrected chi connectivity index (χ3v) is 2.25. The van der Waals surface area contributed by atoms with Crippen LogP contribution in [0.4, 0.5) is 11.4 Å². The van der Waals surface area contributed by atoms with Crippen molar-refractivity contribution >= 4 is 23.4 Å². The fraction of sp³-hybridized carbons (Fsp3) is 0.100. The molecule has 3 rings (SSSR count). The fourth-order valence-corrected chi connectivity index (χ4v) is 1.50. The molecule has 6 nitrogen and oxygen atoms in total. The number of aliphatic imine (C=N–C) groups is 2. The molecular weight excluding hydrogens is 204 g/mol. The summed E-state index contributed by atoms with van der Waals surface area (Å²) < 4.78 is 1.55. The van der Waals surface area contributed by atoms with Gasteiger partial charge >= 0.3 is 0 Å². The summed E-state index contributed by atoms with van der Waals surface area (Å²) in [5.74, 6) is 0.763. The monoisotopic (exact) mass is 212 g/mol. The lowest BCUT2D eigenvalue weighted by Gasteiger charge is -2.00. The first-order valence-electron chi connectivity index (χ1n) is 4.86. The first kappa shape index (κ1) is 8.90. The third-order valence-electron chi connectivity index (χ3n) is 2.25. The summed E-state index contributed by atoms with van der Waals surface area (Å²) in [5.41, 5.74) is 1.70. The predicted molar refractivity (Wildman–Crippen MR) is 59.5 cm³/mol. The molecule has 0 atom stereocenters. The summed E-state index contributed by atoms with van der Waals surface area (Å²) in [6, 6.07) is 7.72. The van der Waals surface area contributed by atoms with Gasteiger partial charge in [0.05, 0.1) is 11.4 Å². The van der Waals surface area contributed by atoms with Crippen molar-refractivity contribution in [2.45, 2.75) is 6.42 Å². The molecule has 6 heteroatoms. The maximum atomic E-state index is 4.49. The largest absolute Gasteiger partial charge is 0.259 e. The van der Waals surface area contributed by atoms with Crippen LogP contribution in [0.3, 0.4) is 0 Å². The van der Waals surface area contributed by atoms with E-state index in [9.17, 15) is 0 Å². The number of nitrogens with zero attached hydrogens (tertiary/aromatic N) is 6. The highest BCUT2D eigenvalue weighted by Crippen LogP contribution is 2.28. The minimum absolute atomic E-state index is 0.611. The minimum Gasteiger partial charge on any atom is -0.259 e. The van der Waals surface area contributed by atoms with Crippen LogP contribution in [0.25, 0.3) is 0 Å². The molecule has 0 N–H and O–H groups in total. The second-order valence-electron chi connectivity index (χ2n) is 3.29. The summed E-state index contributed by atoms with van der Waals surface area (Å²) in [6.45, 7) is 0. The molecule has 0 saturated heterocycles. The van der Waals surface area contributed by atoms with Crippen LogP contribution >= 0.6 is 0 Å². The van der Waals surface area contributed by atoms with Gasteiger partial charge in [-0.05, 0) is 22.6 Å². The zero-order chi connectivity index (χ0) is 10.8. The third kappa shape index (κ3) is 1.50. The standard InChI is InChI=1S/C10H8N6/c1-2-4-9-8(3-1)11-6-5-10(13-9)16-7-12-14-15-16/h1-4,6-7H,5H2. The van der Waals surface area contributed by atoms with Gasteiger partial charge in [0.25, 0.3) is 0 Å². The van der Waals surface area contributed by atoms with Crippen molar-refractivity contribution in [1.82, 2.24) is 20.2 Å². The van der Waals surface area contributed by atoms with Crippen molar-refractivity contribution in [3.8, 4) is 0 Å². The van der Waals surface area contributed by atoms with Gasteiger partial charge in [-0.2, -0.15) is 4.68 Å². The van der Waals surface area contributed by atoms with Gasteiger partial charge in [-0.15, -0.1) is 5.10 Å². The van der Waals surface area contributed by atoms with Crippen molar-refractivity contribution in [2.75, 3.05) is 0 Å². The first-order chi connectivity index (χ1) is 7.93. The van der Waals surface area contributed by atoms with E-state index in [-0.39, 0.29) is 0 Å². The smallest absolute Gasteiger partial charge is 0.145 e. The van der Waals surface area contributed by atoms with E-state index in [4.69, 9.17) is 0 Å². The summed E-state index contributed by atoms with van der Waals surface area (Å²) in [6.07, 6.45) is 3.95. The van der Waals surface area contributed by atoms with Gasteiger partial charge in [-0.25, -0.2) is 4.99 Å². The molecule has 0 aliphatic carbocycles. The SMILES string of the molecule is C1=Nc2ccccc2N=C(n2cnnn2)C1. The number of hydrogen-bond acceptors (Lipinski definition) is 5. The molecule has 1 aromatic heterocycles. The number of fused-ring (bicyclic) bond motifs is 1. The molecule has 0 amide bonds. The zero-order valence-electron chi connectivity index (χ0n) is 8.35. The normalized spacial score (nSPS) is 14.1. The Morgan fingerprint density at radius 1 is 1.12 bits per heavy atom. The van der Waals surface area contributed by atoms with Crippen LogP contribution in [-0.4, -0.2) is 32.3 Å². The predicted octanol–water partition coefficient (Wildman–Crippen LogP) is 1.36. The Labute approximate surface area is 91.4 Å². The van der Waals surface area contributed by atoms with E-state index in [1.54, 1.807) is 4.68 Å². The number of benzene rings is 1. The van der Waals surface area contributed by atoms with Crippen molar-refractivity contribution < 1.29 is 0 Å². The Balaban J connectivity index is 2.11. The highest BCUT2D eigenvalue weighted by molar-refractivity contribution is 5.99. The van der Waals surface area contributed by atoms with Gasteiger partial charge in [-0.1, -0.05) is 12.1 Å². The number of hydrogen-bond donors (Lipinski definition) is 0. The molecule has 2 aromatic rings. The van der Waals surface area contributed by atoms with E-state index in [1.165, 1.54) is 6.33 Å². The van der Waals surface area contributed by atoms with Crippen molar-refractivity contribution in [1.29, 1.82) is 0 Å². The molecule has 0 bridgehead atoms. The van der Waals surface area contributed by atoms with E-state index >= 15 is 0 Å². The molecule has 1 aliphatic rings. The van der Waals surface area contributed by atoms with Crippen molar-refractivity contribution in [2.24, 2.45) is 9.98 Å². The van der Waals surface area contributed by atoms with Gasteiger partial charge in [-0.3, -0.25) is 4.99 Å². The average molecular weight is 212 g/mol. The van der Waals surface area contributed by atoms with Gasteiger partial charge in [0.2, 0.25) is 0 Å². The molecule has 1 aromatic carbocycles. The van der Waals surface area contributed by atoms with Crippen LogP contribution in [-0.2, 0) is 0 Å². The summed E-state index contributed by atoms with van der Waals surface area (Å²) in [5, 5.41) is 11.0. The van der Waals surface area contributed by atoms with E-state index in [0.717, 1.165) is 17.2 Å². The average Bonchev–Trinajstić information content (AvgIpc) is 2.75. The summed E-state index contributed by atoms with van der Waals surface area (Å²) in [7, 11) is 0. The zero-order valence-corrected chi connectivity index (χ0v) is 8.35. The Hall–Kier alpha value is -2.37. The Kier molecular flexibility index (Phi) is 2.03. The second-order valence-corrected chi connectivity index (χ2v) is 3.29. The van der Waals surface area contributed by atoms with Crippen LogP contribution in [0.2, 0.25) is 0 Å². The number of para-hydroxylation sites is 2. The maximum Gasteiger partial charge on any atom is 0.145 e. The lowest BCUT2D eigenvalue weighted by molar-refractivity contribution is 0.813. The second kappa shape index (κ2) is 3.65. The number of aromatic nitrogens is 4. The summed E-state index contributed by atoms with van der Waals surface area (Å²) >= 11 is 0. The number of rotatable bonds is 0. The van der Waals surface area contributed by atoms with Crippen molar-refractivity contribution in [3.05, 3.63) is 30.6 Å². The molecule has 0 radical (unpaired) electrons. The maximum absolute atomic E-state index is 4.49. The molecule has 1 aliphatic heterocycles. The van der Waals surface area contributed by atoms with Gasteiger partial charge in [0.1, 0.15) is 12.2 Å². The fourth-order valence-electron chi connectivity index (χ4n) is 1.50. The van der Waals surface area contributed by atoms with Crippen LogP contribution in [0.1, 0.15) is 6.42 Å². The van der Waals surface area contributed by atoms with E-state index in [1.807, 2.05) is 30.5 Å². The Bertz CT molecular complexity index is 554. The molecule has 0 fully saturated rings. The van der Waals surface area contributed by atoms with Gasteiger partial charge < -0.3 is 0 Å². The lowest BCUT2D eigenvalue weighted by Crippen LogP contribution is -2.12. The van der Waals surface area contributed by atoms with Crippen LogP contribution < -0.4 is 0 Å². The topological polar surface area (TPSA) is 68.3 Å². The van der Waals surface area contributed by atoms with E-state index in [2.05, 4.69) is 25.5 Å². The van der Waals surface area contributed by atoms with E-state index < -0.39 is 0 Å². The van der Waals surface area contributed by atoms with Gasteiger partial charge in [0.15, 0.2) is 0 Å². The van der Waals surface area contributed by atoms with Crippen LogP contribution in [0, 0.1) is 0 Å². The highest BCUT2D eigenvalue weighted by atomic mass is 15.5. The molecule has 0 unspecified atom stereocenters. The number of tetrazole rings is 1. The van der Waals surface area contributed by atoms with E-state index in [0.29, 0.717) is 6.42 Å². The van der Waals surface area contributed by atoms with Crippen LogP contribution in [0.5, 0.6) is 0 Å². The molecule has 2 heterocycles. The molecule has 78 valence electrons. The van der Waals surface area contributed by atoms with Crippen LogP contribution in [0.15, 0.2) is 40.6 Å². The summed E-state index contributed by atoms with van der Waals surface area (Å²) in [4.78, 5) is 8.82. The minimum atomic E-state index is 0.611. The molecule has 0 spiro atoms. The molecular formula is C10H8N6. The van der Waals surface area contributed by atoms with Crippen molar-refractivity contribution in [3.63, 3.8) is 0 Å². The lowest BCUT2D eigenvalue weighted by atomic mass is 10.3. The highest BCUT2D eigenvalue weighted by Gasteiger charge is 2.08. The Morgan fingerprint density at radius 3 is 2.81 bits per heavy atom. The van der Waals surface area contributed by atoms with Gasteiger partial charge in [0, 0.05) is 12.6 Å². The Morgan fingerprint density at radius 2 is 2.00 bits per heavy atom.